The molecule has 7 nitrogen and oxygen atoms in total. The van der Waals surface area contributed by atoms with Gasteiger partial charge in [-0.25, -0.2) is 9.97 Å². The van der Waals surface area contributed by atoms with Gasteiger partial charge in [-0.3, -0.25) is 4.79 Å². The molecule has 114 valence electrons. The fourth-order valence-corrected chi connectivity index (χ4v) is 2.70. The zero-order chi connectivity index (χ0) is 16.1. The number of aromatic nitrogens is 3. The Kier molecular flexibility index (Phi) is 4.84. The largest absolute Gasteiger partial charge is 0.483 e. The molecule has 3 aromatic rings. The molecule has 0 aliphatic heterocycles. The van der Waals surface area contributed by atoms with Crippen molar-refractivity contribution in [3.63, 3.8) is 0 Å². The van der Waals surface area contributed by atoms with Gasteiger partial charge >= 0.3 is 0 Å². The number of benzene rings is 1. The number of ether oxygens (including phenoxy) is 1. The molecule has 2 aromatic heterocycles. The predicted octanol–water partition coefficient (Wildman–Crippen LogP) is 2.35. The van der Waals surface area contributed by atoms with Gasteiger partial charge in [-0.05, 0) is 19.1 Å². The van der Waals surface area contributed by atoms with E-state index in [1.807, 2.05) is 25.1 Å². The number of anilines is 1. The van der Waals surface area contributed by atoms with Crippen LogP contribution in [0, 0.1) is 6.92 Å². The first kappa shape index (κ1) is 15.6. The number of carboxylic acid groups (broad SMARTS) is 1. The van der Waals surface area contributed by atoms with Crippen molar-refractivity contribution in [1.82, 2.24) is 15.0 Å². The highest BCUT2D eigenvalue weighted by atomic mass is 32.1. The molecule has 22 heavy (non-hydrogen) atoms. The van der Waals surface area contributed by atoms with Crippen LogP contribution in [0.15, 0.2) is 24.3 Å². The third kappa shape index (κ3) is 3.47. The Bertz CT molecular complexity index is 804. The lowest BCUT2D eigenvalue weighted by Gasteiger charge is -2.04. The Labute approximate surface area is 130 Å². The monoisotopic (exact) mass is 318 g/mol. The van der Waals surface area contributed by atoms with Gasteiger partial charge in [-0.15, -0.1) is 11.3 Å². The van der Waals surface area contributed by atoms with Crippen molar-refractivity contribution in [2.24, 2.45) is 0 Å². The van der Waals surface area contributed by atoms with Crippen LogP contribution < -0.4 is 10.5 Å². The van der Waals surface area contributed by atoms with E-state index in [1.165, 1.54) is 0 Å². The predicted molar refractivity (Wildman–Crippen MR) is 85.0 cm³/mol. The first-order chi connectivity index (χ1) is 10.6. The Morgan fingerprint density at radius 3 is 2.68 bits per heavy atom. The summed E-state index contributed by atoms with van der Waals surface area (Å²) in [5.74, 6) is 0.654. The second kappa shape index (κ2) is 6.81. The highest BCUT2D eigenvalue weighted by Gasteiger charge is 2.07. The molecule has 0 bridgehead atoms. The number of hydrogen-bond donors (Lipinski definition) is 2. The fraction of sp³-hybridized carbons (Fsp3) is 0.143. The molecule has 2 heterocycles. The van der Waals surface area contributed by atoms with Crippen molar-refractivity contribution in [2.75, 3.05) is 12.8 Å². The number of rotatable bonds is 2. The topological polar surface area (TPSA) is 111 Å². The summed E-state index contributed by atoms with van der Waals surface area (Å²) in [5.41, 5.74) is 8.32. The van der Waals surface area contributed by atoms with Gasteiger partial charge in [0.2, 0.25) is 11.8 Å². The number of fused-ring (bicyclic) bond motifs is 1. The average molecular weight is 318 g/mol. The third-order valence-corrected chi connectivity index (χ3v) is 3.67. The van der Waals surface area contributed by atoms with E-state index < -0.39 is 0 Å². The van der Waals surface area contributed by atoms with Crippen LogP contribution in [-0.4, -0.2) is 33.6 Å². The SMILES string of the molecule is COc1cc(-c2ccc3sc(C)nc3c2)nc(N)n1.O=CO. The van der Waals surface area contributed by atoms with E-state index in [9.17, 15) is 0 Å². The molecular formula is C14H14N4O3S. The molecule has 0 aliphatic carbocycles. The first-order valence-electron chi connectivity index (χ1n) is 6.21. The molecule has 0 saturated carbocycles. The van der Waals surface area contributed by atoms with E-state index in [2.05, 4.69) is 15.0 Å². The summed E-state index contributed by atoms with van der Waals surface area (Å²) in [6.45, 7) is 1.75. The summed E-state index contributed by atoms with van der Waals surface area (Å²) >= 11 is 1.67. The summed E-state index contributed by atoms with van der Waals surface area (Å²) in [6, 6.07) is 7.80. The number of nitrogen functional groups attached to an aromatic ring is 1. The first-order valence-corrected chi connectivity index (χ1v) is 7.03. The van der Waals surface area contributed by atoms with Crippen LogP contribution in [0.25, 0.3) is 21.5 Å². The van der Waals surface area contributed by atoms with Crippen LogP contribution in [0.4, 0.5) is 5.95 Å². The lowest BCUT2D eigenvalue weighted by atomic mass is 10.1. The van der Waals surface area contributed by atoms with Crippen LogP contribution >= 0.6 is 11.3 Å². The maximum atomic E-state index is 8.36. The van der Waals surface area contributed by atoms with Gasteiger partial charge < -0.3 is 15.6 Å². The summed E-state index contributed by atoms with van der Waals surface area (Å²) in [4.78, 5) is 21.0. The second-order valence-electron chi connectivity index (χ2n) is 4.17. The van der Waals surface area contributed by atoms with E-state index in [4.69, 9.17) is 20.4 Å². The molecule has 0 amide bonds. The molecule has 0 spiro atoms. The highest BCUT2D eigenvalue weighted by Crippen LogP contribution is 2.28. The maximum absolute atomic E-state index is 8.36. The smallest absolute Gasteiger partial charge is 0.290 e. The van der Waals surface area contributed by atoms with Crippen LogP contribution in [0.2, 0.25) is 0 Å². The standard InChI is InChI=1S/C13H12N4OS.CH2O2/c1-7-15-10-5-8(3-4-11(10)19-7)9-6-12(18-2)17-13(14)16-9;2-1-3/h3-6H,1-2H3,(H2,14,16,17);1H,(H,2,3). The van der Waals surface area contributed by atoms with Crippen molar-refractivity contribution in [2.45, 2.75) is 6.92 Å². The molecule has 0 unspecified atom stereocenters. The Balaban J connectivity index is 0.000000545. The molecule has 0 aliphatic rings. The Morgan fingerprint density at radius 1 is 1.27 bits per heavy atom. The minimum Gasteiger partial charge on any atom is -0.483 e. The zero-order valence-corrected chi connectivity index (χ0v) is 12.8. The zero-order valence-electron chi connectivity index (χ0n) is 12.0. The van der Waals surface area contributed by atoms with E-state index in [0.29, 0.717) is 5.88 Å². The molecule has 8 heteroatoms. The van der Waals surface area contributed by atoms with Crippen molar-refractivity contribution in [1.29, 1.82) is 0 Å². The number of hydrogen-bond acceptors (Lipinski definition) is 7. The van der Waals surface area contributed by atoms with E-state index >= 15 is 0 Å². The van der Waals surface area contributed by atoms with Gasteiger partial charge in [0.15, 0.2) is 0 Å². The molecule has 1 aromatic carbocycles. The van der Waals surface area contributed by atoms with E-state index in [-0.39, 0.29) is 12.4 Å². The Morgan fingerprint density at radius 2 is 2.00 bits per heavy atom. The van der Waals surface area contributed by atoms with Gasteiger partial charge in [-0.2, -0.15) is 4.98 Å². The number of methoxy groups -OCH3 is 1. The number of aryl methyl sites for hydroxylation is 1. The summed E-state index contributed by atoms with van der Waals surface area (Å²) in [5, 5.41) is 7.94. The van der Waals surface area contributed by atoms with Crippen LogP contribution in [0.3, 0.4) is 0 Å². The number of carbonyl (C=O) groups is 1. The molecule has 0 atom stereocenters. The molecule has 3 N–H and O–H groups in total. The quantitative estimate of drug-likeness (QED) is 0.697. The number of thiazole rings is 1. The fourth-order valence-electron chi connectivity index (χ4n) is 1.90. The molecular weight excluding hydrogens is 304 g/mol. The van der Waals surface area contributed by atoms with E-state index in [0.717, 1.165) is 26.5 Å². The van der Waals surface area contributed by atoms with Gasteiger partial charge in [0.25, 0.3) is 6.47 Å². The summed E-state index contributed by atoms with van der Waals surface area (Å²) < 4.78 is 6.27. The van der Waals surface area contributed by atoms with Gasteiger partial charge in [0.05, 0.1) is 28.0 Å². The van der Waals surface area contributed by atoms with Gasteiger partial charge in [0, 0.05) is 11.6 Å². The normalized spacial score (nSPS) is 9.91. The van der Waals surface area contributed by atoms with Gasteiger partial charge in [0.1, 0.15) is 0 Å². The minimum absolute atomic E-state index is 0.198. The van der Waals surface area contributed by atoms with Gasteiger partial charge in [-0.1, -0.05) is 6.07 Å². The average Bonchev–Trinajstić information content (AvgIpc) is 2.86. The molecule has 0 saturated heterocycles. The third-order valence-electron chi connectivity index (χ3n) is 2.72. The molecule has 3 rings (SSSR count). The minimum atomic E-state index is -0.250. The summed E-state index contributed by atoms with van der Waals surface area (Å²) in [6.07, 6.45) is 0. The summed E-state index contributed by atoms with van der Waals surface area (Å²) in [7, 11) is 1.55. The molecule has 0 radical (unpaired) electrons. The van der Waals surface area contributed by atoms with Crippen LogP contribution in [0.1, 0.15) is 5.01 Å². The lowest BCUT2D eigenvalue weighted by Crippen LogP contribution is -1.99. The molecule has 0 fully saturated rings. The number of nitrogens with two attached hydrogens (primary N) is 1. The van der Waals surface area contributed by atoms with Crippen LogP contribution in [-0.2, 0) is 4.79 Å². The van der Waals surface area contributed by atoms with Crippen molar-refractivity contribution < 1.29 is 14.6 Å². The van der Waals surface area contributed by atoms with Crippen molar-refractivity contribution >= 4 is 34.0 Å². The maximum Gasteiger partial charge on any atom is 0.290 e. The highest BCUT2D eigenvalue weighted by molar-refractivity contribution is 7.18. The van der Waals surface area contributed by atoms with Crippen molar-refractivity contribution in [3.8, 4) is 17.1 Å². The van der Waals surface area contributed by atoms with Crippen LogP contribution in [0.5, 0.6) is 5.88 Å². The Hall–Kier alpha value is -2.74. The lowest BCUT2D eigenvalue weighted by molar-refractivity contribution is -0.122. The number of nitrogens with zero attached hydrogens (tertiary/aromatic N) is 3. The van der Waals surface area contributed by atoms with E-state index in [1.54, 1.807) is 24.5 Å². The van der Waals surface area contributed by atoms with Crippen molar-refractivity contribution in [3.05, 3.63) is 29.3 Å². The second-order valence-corrected chi connectivity index (χ2v) is 5.41.